The Balaban J connectivity index is 0.000000140. The van der Waals surface area contributed by atoms with E-state index in [-0.39, 0.29) is 23.6 Å². The molecule has 4 amide bonds. The maximum atomic E-state index is 13.5. The van der Waals surface area contributed by atoms with Gasteiger partial charge in [-0.1, -0.05) is 42.3 Å². The molecule has 3 aliphatic heterocycles. The number of morpholine rings is 3. The first kappa shape index (κ1) is 93.6. The Morgan fingerprint density at radius 1 is 0.454 bits per heavy atom. The summed E-state index contributed by atoms with van der Waals surface area (Å²) in [4.78, 5) is 124. The normalized spacial score (nSPS) is 13.2. The van der Waals surface area contributed by atoms with Crippen molar-refractivity contribution < 1.29 is 52.3 Å². The molecular formula is C92H103N23O11S4. The molecule has 0 aliphatic carbocycles. The van der Waals surface area contributed by atoms with Gasteiger partial charge < -0.3 is 73.2 Å². The first-order chi connectivity index (χ1) is 63.8. The number of anilines is 4. The van der Waals surface area contributed by atoms with Crippen molar-refractivity contribution in [1.82, 2.24) is 95.7 Å². The molecule has 0 bridgehead atoms. The molecule has 0 saturated carbocycles. The first-order valence-corrected chi connectivity index (χ1v) is 46.3. The molecule has 17 rings (SSSR count). The quantitative estimate of drug-likeness (QED) is 0.0249. The number of rotatable bonds is 34. The number of carbonyl (C=O) groups excluding carboxylic acids is 4. The molecular weight excluding hydrogens is 1730 g/mol. The van der Waals surface area contributed by atoms with Crippen LogP contribution in [0.1, 0.15) is 83.9 Å². The Kier molecular flexibility index (Phi) is 34.3. The predicted octanol–water partition coefficient (Wildman–Crippen LogP) is 11.7. The molecule has 0 radical (unpaired) electrons. The molecule has 1 aromatic carbocycles. The van der Waals surface area contributed by atoms with Crippen molar-refractivity contribution in [1.29, 1.82) is 0 Å². The van der Waals surface area contributed by atoms with Crippen LogP contribution in [0, 0.1) is 12.3 Å². The van der Waals surface area contributed by atoms with Crippen molar-refractivity contribution in [3.8, 4) is 58.4 Å². The third kappa shape index (κ3) is 24.1. The molecule has 3 aliphatic rings. The van der Waals surface area contributed by atoms with Crippen molar-refractivity contribution in [2.45, 2.75) is 38.5 Å². The van der Waals surface area contributed by atoms with E-state index >= 15 is 0 Å². The fourth-order valence-corrected chi connectivity index (χ4v) is 18.1. The Hall–Kier alpha value is -12.5. The number of benzene rings is 1. The highest BCUT2D eigenvalue weighted by molar-refractivity contribution is 7.18. The number of aromatic nitrogens is 15. The highest BCUT2D eigenvalue weighted by atomic mass is 32.1. The van der Waals surface area contributed by atoms with Crippen LogP contribution < -0.4 is 30.2 Å². The van der Waals surface area contributed by atoms with Crippen LogP contribution in [0.15, 0.2) is 150 Å². The van der Waals surface area contributed by atoms with Gasteiger partial charge in [0, 0.05) is 193 Å². The summed E-state index contributed by atoms with van der Waals surface area (Å²) in [7, 11) is 10.4. The van der Waals surface area contributed by atoms with Crippen LogP contribution in [-0.2, 0) is 46.0 Å². The monoisotopic (exact) mass is 1830 g/mol. The van der Waals surface area contributed by atoms with Crippen LogP contribution in [0.2, 0.25) is 0 Å². The van der Waals surface area contributed by atoms with Crippen LogP contribution in [-0.4, -0.2) is 296 Å². The summed E-state index contributed by atoms with van der Waals surface area (Å²) < 4.78 is 37.4. The number of amides is 4. The predicted molar refractivity (Wildman–Crippen MR) is 507 cm³/mol. The molecule has 14 aromatic rings. The number of fused-ring (bicyclic) bond motifs is 4. The lowest BCUT2D eigenvalue weighted by molar-refractivity contribution is 0.0786. The Bertz CT molecular complexity index is 6050. The maximum absolute atomic E-state index is 13.5. The Labute approximate surface area is 768 Å². The first-order valence-electron chi connectivity index (χ1n) is 42.8. The van der Waals surface area contributed by atoms with Gasteiger partial charge in [-0.25, -0.2) is 39.9 Å². The lowest BCUT2D eigenvalue weighted by Gasteiger charge is -2.29. The molecule has 0 spiro atoms. The third-order valence-electron chi connectivity index (χ3n) is 21.4. The van der Waals surface area contributed by atoms with Crippen molar-refractivity contribution in [3.63, 3.8) is 0 Å². The summed E-state index contributed by atoms with van der Waals surface area (Å²) in [5.74, 6) is 7.50. The Morgan fingerprint density at radius 2 is 0.862 bits per heavy atom. The summed E-state index contributed by atoms with van der Waals surface area (Å²) in [5.41, 5.74) is 7.98. The van der Waals surface area contributed by atoms with E-state index in [0.717, 1.165) is 126 Å². The number of aromatic amines is 1. The lowest BCUT2D eigenvalue weighted by atomic mass is 10.1. The van der Waals surface area contributed by atoms with Crippen LogP contribution in [0.4, 0.5) is 23.3 Å². The fraction of sp³-hybridized carbons (Fsp3) is 0.370. The standard InChI is InChI=1S/C27H25N5O2S.C23H31N5O4S.C22H27N5O3S.C20H20N8O2S/c1-3-19-7-6-8-20(17-19)10-12-31(2)27(33)21-18-35-26-23(21)25(32-13-15-34-16-14-32)29-24(30-26)22-9-4-5-11-28-22;1-30-13-7-6-10-25-22(29)17-16-33-23-19(17)21(28(11-14-31-2)12-15-32-3)26-20(27-23)18-8-4-5-9-24-18;1-26(9-5-6-12-29-2)22(28)16-15-31-21-18(16)20(27-10-13-30-14-11-27)24-19(25-21)17-7-3-4-8-23-17;29-19(22-6-4-13-11-23-27-26-13)14-12-31-20-16(14)18(28-7-9-30-10-8-28)24-17(25-20)15-3-1-2-5-21-15/h1,4-9,11,17-18H,10,12-16H2,2H3;4-5,8-9,16H,6-7,10-15H2,1-3H3,(H,25,29);3-4,7-8,15H,5-6,9-14H2,1-2H3;1-3,5,11-12H,4,6-10H2,(H,22,29)(H,23,26,27). The largest absolute Gasteiger partial charge is 0.385 e. The second kappa shape index (κ2) is 47.7. The molecule has 38 heteroatoms. The summed E-state index contributed by atoms with van der Waals surface area (Å²) in [6.07, 6.45) is 19.0. The second-order valence-corrected chi connectivity index (χ2v) is 33.5. The molecule has 34 nitrogen and oxygen atoms in total. The highest BCUT2D eigenvalue weighted by Crippen LogP contribution is 2.40. The average molecular weight is 1840 g/mol. The van der Waals surface area contributed by atoms with Crippen LogP contribution in [0.25, 0.3) is 86.9 Å². The molecule has 16 heterocycles. The number of H-pyrrole nitrogens is 1. The summed E-state index contributed by atoms with van der Waals surface area (Å²) in [5, 5.41) is 27.0. The number of pyridine rings is 4. The number of nitrogens with one attached hydrogen (secondary N) is 3. The maximum Gasteiger partial charge on any atom is 0.255 e. The number of nitrogens with zero attached hydrogens (tertiary/aromatic N) is 20. The van der Waals surface area contributed by atoms with Gasteiger partial charge in [0.15, 0.2) is 23.3 Å². The number of carbonyl (C=O) groups is 4. The number of unbranched alkanes of at least 4 members (excludes halogenated alkanes) is 2. The molecule has 3 saturated heterocycles. The zero-order valence-electron chi connectivity index (χ0n) is 73.4. The zero-order chi connectivity index (χ0) is 90.3. The number of methoxy groups -OCH3 is 4. The van der Waals surface area contributed by atoms with Crippen molar-refractivity contribution in [2.24, 2.45) is 0 Å². The molecule has 3 fully saturated rings. The minimum atomic E-state index is -0.154. The van der Waals surface area contributed by atoms with Gasteiger partial charge in [0.05, 0.1) is 109 Å². The number of likely N-dealkylation sites (N-methyl/N-ethyl adjacent to an activating group) is 1. The number of thiophene rings is 4. The van der Waals surface area contributed by atoms with E-state index in [1.807, 2.05) is 133 Å². The molecule has 0 atom stereocenters. The number of terminal acetylenes is 1. The smallest absolute Gasteiger partial charge is 0.255 e. The van der Waals surface area contributed by atoms with E-state index in [1.54, 1.807) is 69.2 Å². The highest BCUT2D eigenvalue weighted by Gasteiger charge is 2.31. The zero-order valence-corrected chi connectivity index (χ0v) is 76.6. The molecule has 130 heavy (non-hydrogen) atoms. The van der Waals surface area contributed by atoms with E-state index in [1.165, 1.54) is 45.3 Å². The van der Waals surface area contributed by atoms with Gasteiger partial charge in [-0.05, 0) is 98.3 Å². The van der Waals surface area contributed by atoms with E-state index < -0.39 is 0 Å². The molecule has 3 N–H and O–H groups in total. The van der Waals surface area contributed by atoms with Crippen LogP contribution in [0.3, 0.4) is 0 Å². The van der Waals surface area contributed by atoms with Crippen molar-refractivity contribution in [3.05, 3.63) is 189 Å². The van der Waals surface area contributed by atoms with Crippen molar-refractivity contribution >= 4 is 133 Å². The van der Waals surface area contributed by atoms with Gasteiger partial charge >= 0.3 is 0 Å². The fourth-order valence-electron chi connectivity index (χ4n) is 14.5. The topological polar surface area (TPSA) is 373 Å². The number of hydrogen-bond acceptors (Lipinski definition) is 33. The summed E-state index contributed by atoms with van der Waals surface area (Å²) in [6, 6.07) is 30.5. The van der Waals surface area contributed by atoms with E-state index in [9.17, 15) is 19.2 Å². The van der Waals surface area contributed by atoms with Crippen LogP contribution >= 0.6 is 45.3 Å². The van der Waals surface area contributed by atoms with E-state index in [2.05, 4.69) is 71.5 Å². The van der Waals surface area contributed by atoms with Crippen molar-refractivity contribution in [2.75, 3.05) is 207 Å². The van der Waals surface area contributed by atoms with Gasteiger partial charge in [0.25, 0.3) is 23.6 Å². The molecule has 0 unspecified atom stereocenters. The average Bonchev–Trinajstić information content (AvgIpc) is 1.58. The lowest BCUT2D eigenvalue weighted by Crippen LogP contribution is -2.37. The number of hydrogen-bond donors (Lipinski definition) is 3. The van der Waals surface area contributed by atoms with E-state index in [4.69, 9.17) is 79.5 Å². The van der Waals surface area contributed by atoms with Gasteiger partial charge in [0.1, 0.15) is 65.4 Å². The molecule has 676 valence electrons. The van der Waals surface area contributed by atoms with Gasteiger partial charge in [-0.3, -0.25) is 39.1 Å². The number of ether oxygens (including phenoxy) is 7. The minimum Gasteiger partial charge on any atom is -0.385 e. The minimum absolute atomic E-state index is 0.00707. The molecule has 13 aromatic heterocycles. The van der Waals surface area contributed by atoms with Gasteiger partial charge in [-0.2, -0.15) is 15.4 Å². The third-order valence-corrected chi connectivity index (χ3v) is 24.8. The SMILES string of the molecule is C#Cc1cccc(CCN(C)C(=O)c2csc3nc(-c4ccccn4)nc(N4CCOCC4)c23)c1.COCCCCN(C)C(=O)c1csc2nc(-c3ccccn3)nc(N3CCOCC3)c12.COCCCCNC(=O)c1csc2nc(-c3ccccn3)nc(N(CCOC)CCOC)c12.O=C(NCCc1cn[nH]n1)c1csc2nc(-c3ccccn3)nc(N3CCOCC3)c12. The van der Waals surface area contributed by atoms with Gasteiger partial charge in [0.2, 0.25) is 0 Å². The second-order valence-electron chi connectivity index (χ2n) is 30.1. The van der Waals surface area contributed by atoms with E-state index in [0.29, 0.717) is 206 Å². The van der Waals surface area contributed by atoms with Crippen LogP contribution in [0.5, 0.6) is 0 Å². The Morgan fingerprint density at radius 3 is 1.28 bits per heavy atom. The van der Waals surface area contributed by atoms with Gasteiger partial charge in [-0.15, -0.1) is 51.8 Å². The summed E-state index contributed by atoms with van der Waals surface area (Å²) in [6.45, 7) is 13.9. The summed E-state index contributed by atoms with van der Waals surface area (Å²) >= 11 is 5.80.